The summed E-state index contributed by atoms with van der Waals surface area (Å²) in [5, 5.41) is 0. The number of hydrogen-bond acceptors (Lipinski definition) is 2. The van der Waals surface area contributed by atoms with Crippen molar-refractivity contribution < 1.29 is 31.6 Å². The Morgan fingerprint density at radius 3 is 1.85 bits per heavy atom. The molecule has 2 aromatic carbocycles. The van der Waals surface area contributed by atoms with Crippen LogP contribution in [-0.4, -0.2) is 32.0 Å². The van der Waals surface area contributed by atoms with Crippen LogP contribution >= 0.6 is 0 Å². The normalized spacial score (nSPS) is 15.3. The lowest BCUT2D eigenvalue weighted by Gasteiger charge is -2.33. The first-order chi connectivity index (χ1) is 12.8. The molecule has 1 aliphatic rings. The fourth-order valence-corrected chi connectivity index (χ4v) is 3.22. The smallest absolute Gasteiger partial charge is 0.200 e. The van der Waals surface area contributed by atoms with Crippen molar-refractivity contribution in [2.45, 2.75) is 13.5 Å². The van der Waals surface area contributed by atoms with Crippen molar-refractivity contribution in [3.8, 4) is 0 Å². The van der Waals surface area contributed by atoms with Crippen molar-refractivity contribution >= 4 is 11.5 Å². The summed E-state index contributed by atoms with van der Waals surface area (Å²) in [6.45, 7) is 3.29. The first-order valence-corrected chi connectivity index (χ1v) is 8.49. The average Bonchev–Trinajstić information content (AvgIpc) is 2.69. The molecule has 1 aliphatic heterocycles. The lowest BCUT2D eigenvalue weighted by atomic mass is 10.1. The number of benzene rings is 2. The third-order valence-corrected chi connectivity index (χ3v) is 4.84. The van der Waals surface area contributed by atoms with E-state index in [1.807, 2.05) is 17.0 Å². The Morgan fingerprint density at radius 2 is 1.37 bits per heavy atom. The Morgan fingerprint density at radius 1 is 0.889 bits per heavy atom. The molecule has 1 N–H and O–H groups in total. The number of quaternary nitrogens is 1. The molecule has 0 atom stereocenters. The van der Waals surface area contributed by atoms with Crippen LogP contribution in [0.5, 0.6) is 0 Å². The number of piperazine rings is 1. The van der Waals surface area contributed by atoms with Gasteiger partial charge in [-0.2, -0.15) is 0 Å². The molecule has 0 unspecified atom stereocenters. The van der Waals surface area contributed by atoms with Gasteiger partial charge in [-0.05, 0) is 31.2 Å². The maximum absolute atomic E-state index is 13.8. The number of carbonyl (C=O) groups is 1. The summed E-state index contributed by atoms with van der Waals surface area (Å²) in [4.78, 5) is 14.1. The molecule has 144 valence electrons. The van der Waals surface area contributed by atoms with Crippen LogP contribution in [0.4, 0.5) is 27.6 Å². The second kappa shape index (κ2) is 7.64. The minimum atomic E-state index is -2.14. The van der Waals surface area contributed by atoms with Crippen molar-refractivity contribution in [3.63, 3.8) is 0 Å². The van der Waals surface area contributed by atoms with Crippen molar-refractivity contribution in [2.75, 3.05) is 31.1 Å². The molecule has 8 heteroatoms. The number of ketones is 1. The third-order valence-electron chi connectivity index (χ3n) is 4.84. The van der Waals surface area contributed by atoms with Gasteiger partial charge < -0.3 is 9.80 Å². The predicted molar refractivity (Wildman–Crippen MR) is 89.3 cm³/mol. The highest BCUT2D eigenvalue weighted by Crippen LogP contribution is 2.22. The van der Waals surface area contributed by atoms with Gasteiger partial charge in [0.05, 0.1) is 31.7 Å². The van der Waals surface area contributed by atoms with Crippen molar-refractivity contribution in [1.29, 1.82) is 0 Å². The van der Waals surface area contributed by atoms with Crippen LogP contribution < -0.4 is 9.80 Å². The van der Waals surface area contributed by atoms with Gasteiger partial charge in [-0.25, -0.2) is 22.0 Å². The number of nitrogens with zero attached hydrogens (tertiary/aromatic N) is 1. The van der Waals surface area contributed by atoms with E-state index in [0.717, 1.165) is 10.6 Å². The van der Waals surface area contributed by atoms with Gasteiger partial charge in [0.1, 0.15) is 6.54 Å². The van der Waals surface area contributed by atoms with E-state index in [9.17, 15) is 26.7 Å². The Labute approximate surface area is 153 Å². The molecular weight excluding hydrogens is 367 g/mol. The zero-order valence-electron chi connectivity index (χ0n) is 14.6. The molecule has 3 rings (SSSR count). The highest BCUT2D eigenvalue weighted by atomic mass is 19.2. The second-order valence-corrected chi connectivity index (χ2v) is 6.57. The zero-order chi connectivity index (χ0) is 19.7. The van der Waals surface area contributed by atoms with E-state index in [2.05, 4.69) is 0 Å². The van der Waals surface area contributed by atoms with Crippen LogP contribution in [-0.2, 0) is 6.54 Å². The van der Waals surface area contributed by atoms with E-state index in [1.165, 1.54) is 6.92 Å². The molecule has 1 saturated heterocycles. The third kappa shape index (κ3) is 3.80. The molecule has 0 aromatic heterocycles. The summed E-state index contributed by atoms with van der Waals surface area (Å²) >= 11 is 0. The molecule has 1 fully saturated rings. The Balaban J connectivity index is 1.67. The summed E-state index contributed by atoms with van der Waals surface area (Å²) in [5.74, 6) is -9.51. The highest BCUT2D eigenvalue weighted by Gasteiger charge is 2.29. The summed E-state index contributed by atoms with van der Waals surface area (Å²) in [5.41, 5.74) is 0.741. The Bertz CT molecular complexity index is 832. The molecule has 0 bridgehead atoms. The van der Waals surface area contributed by atoms with Gasteiger partial charge in [-0.15, -0.1) is 0 Å². The topological polar surface area (TPSA) is 24.8 Å². The number of halogens is 5. The lowest BCUT2D eigenvalue weighted by molar-refractivity contribution is -0.914. The van der Waals surface area contributed by atoms with Gasteiger partial charge in [0.2, 0.25) is 5.82 Å². The van der Waals surface area contributed by atoms with Crippen LogP contribution in [0.3, 0.4) is 0 Å². The van der Waals surface area contributed by atoms with Gasteiger partial charge in [-0.3, -0.25) is 4.79 Å². The van der Waals surface area contributed by atoms with Crippen LogP contribution in [0, 0.1) is 29.1 Å². The van der Waals surface area contributed by atoms with Crippen molar-refractivity contribution in [2.24, 2.45) is 0 Å². The van der Waals surface area contributed by atoms with Gasteiger partial charge in [0, 0.05) is 11.3 Å². The Hall–Kier alpha value is -2.48. The molecule has 3 nitrogen and oxygen atoms in total. The number of nitrogens with one attached hydrogen (secondary N) is 1. The van der Waals surface area contributed by atoms with Gasteiger partial charge in [-0.1, -0.05) is 0 Å². The fraction of sp³-hybridized carbons (Fsp3) is 0.316. The number of Topliss-reactive ketones (excluding diaryl/α,β-unsaturated/α-hetero) is 1. The number of rotatable bonds is 4. The molecule has 0 spiro atoms. The van der Waals surface area contributed by atoms with Crippen LogP contribution in [0.25, 0.3) is 0 Å². The van der Waals surface area contributed by atoms with Crippen LogP contribution in [0.1, 0.15) is 22.8 Å². The molecule has 2 aromatic rings. The SMILES string of the molecule is CC(=O)c1ccc(N2CC[NH+](Cc3c(F)c(F)c(F)c(F)c3F)CC2)cc1. The van der Waals surface area contributed by atoms with E-state index in [-0.39, 0.29) is 12.3 Å². The monoisotopic (exact) mass is 385 g/mol. The highest BCUT2D eigenvalue weighted by molar-refractivity contribution is 5.94. The molecule has 0 aliphatic carbocycles. The van der Waals surface area contributed by atoms with Gasteiger partial charge in [0.15, 0.2) is 29.1 Å². The number of carbonyl (C=O) groups excluding carboxylic acids is 1. The van der Waals surface area contributed by atoms with E-state index >= 15 is 0 Å². The first-order valence-electron chi connectivity index (χ1n) is 8.49. The largest absolute Gasteiger partial charge is 0.360 e. The minimum absolute atomic E-state index is 0.0290. The first kappa shape index (κ1) is 19.3. The van der Waals surface area contributed by atoms with Crippen LogP contribution in [0.15, 0.2) is 24.3 Å². The fourth-order valence-electron chi connectivity index (χ4n) is 3.22. The number of hydrogen-bond donors (Lipinski definition) is 1. The van der Waals surface area contributed by atoms with E-state index < -0.39 is 34.6 Å². The van der Waals surface area contributed by atoms with Gasteiger partial charge in [0.25, 0.3) is 0 Å². The number of anilines is 1. The molecule has 1 heterocycles. The average molecular weight is 385 g/mol. The molecule has 0 radical (unpaired) electrons. The Kier molecular flexibility index (Phi) is 5.46. The van der Waals surface area contributed by atoms with E-state index in [4.69, 9.17) is 0 Å². The second-order valence-electron chi connectivity index (χ2n) is 6.57. The molecule has 0 saturated carbocycles. The van der Waals surface area contributed by atoms with Crippen molar-refractivity contribution in [3.05, 3.63) is 64.5 Å². The summed E-state index contributed by atoms with van der Waals surface area (Å²) in [6, 6.07) is 7.11. The van der Waals surface area contributed by atoms with E-state index in [0.29, 0.717) is 31.7 Å². The standard InChI is InChI=1S/C19H17F5N2O/c1-11(27)12-2-4-13(5-3-12)26-8-6-25(7-9-26)10-14-15(20)17(22)19(24)18(23)16(14)21/h2-5H,6-10H2,1H3/p+1. The quantitative estimate of drug-likeness (QED) is 0.379. The molecule has 27 heavy (non-hydrogen) atoms. The minimum Gasteiger partial charge on any atom is -0.360 e. The van der Waals surface area contributed by atoms with Crippen molar-refractivity contribution in [1.82, 2.24) is 0 Å². The maximum atomic E-state index is 13.8. The van der Waals surface area contributed by atoms with Crippen LogP contribution in [0.2, 0.25) is 0 Å². The zero-order valence-corrected chi connectivity index (χ0v) is 14.6. The summed E-state index contributed by atoms with van der Waals surface area (Å²) in [6.07, 6.45) is 0. The summed E-state index contributed by atoms with van der Waals surface area (Å²) in [7, 11) is 0. The van der Waals surface area contributed by atoms with E-state index in [1.54, 1.807) is 12.1 Å². The summed E-state index contributed by atoms with van der Waals surface area (Å²) < 4.78 is 67.4. The maximum Gasteiger partial charge on any atom is 0.200 e. The molecule has 0 amide bonds. The van der Waals surface area contributed by atoms with Gasteiger partial charge >= 0.3 is 0 Å². The lowest BCUT2D eigenvalue weighted by Crippen LogP contribution is -3.13. The molecular formula is C19H18F5N2O+. The predicted octanol–water partition coefficient (Wildman–Crippen LogP) is 2.49.